The molecule has 4 heterocycles. The van der Waals surface area contributed by atoms with E-state index in [-0.39, 0.29) is 90.6 Å². The van der Waals surface area contributed by atoms with Gasteiger partial charge in [-0.25, -0.2) is 33.8 Å². The largest absolute Gasteiger partial charge is 0.457 e. The predicted octanol–water partition coefficient (Wildman–Crippen LogP) is 20.6. The molecule has 117 heavy (non-hydrogen) atoms. The van der Waals surface area contributed by atoms with Crippen LogP contribution < -0.4 is 0 Å². The van der Waals surface area contributed by atoms with Gasteiger partial charge in [-0.1, -0.05) is 206 Å². The molecule has 0 aliphatic rings. The summed E-state index contributed by atoms with van der Waals surface area (Å²) in [6.07, 6.45) is 0. The van der Waals surface area contributed by atoms with Gasteiger partial charge in [-0.3, -0.25) is 4.57 Å². The minimum atomic E-state index is -0.579. The smallest absolute Gasteiger partial charge is 0.338 e. The van der Waals surface area contributed by atoms with Crippen LogP contribution in [0, 0.1) is 0 Å². The molecule has 14 aromatic carbocycles. The van der Waals surface area contributed by atoms with Gasteiger partial charge in [-0.2, -0.15) is 9.97 Å². The first-order valence-electron chi connectivity index (χ1n) is 38.0. The number of para-hydroxylation sites is 2. The third-order valence-corrected chi connectivity index (χ3v) is 20.6. The second-order valence-electron chi connectivity index (χ2n) is 28.1. The van der Waals surface area contributed by atoms with E-state index in [9.17, 15) is 28.8 Å². The normalized spacial score (nSPS) is 11.3. The molecule has 566 valence electrons. The Balaban J connectivity index is 0.836. The Kier molecular flexibility index (Phi) is 20.0. The first-order valence-corrected chi connectivity index (χ1v) is 38.0. The maximum Gasteiger partial charge on any atom is 0.338 e. The molecule has 0 fully saturated rings. The summed E-state index contributed by atoms with van der Waals surface area (Å²) in [7, 11) is 0. The number of fused-ring (bicyclic) bond motifs is 9. The number of aromatic nitrogens is 6. The minimum absolute atomic E-state index is 0.0187. The Labute approximate surface area is 669 Å². The van der Waals surface area contributed by atoms with E-state index in [1.807, 2.05) is 268 Å². The molecule has 0 bridgehead atoms. The number of hydrogen-bond donors (Lipinski definition) is 0. The Morgan fingerprint density at radius 1 is 0.214 bits per heavy atom. The fourth-order valence-corrected chi connectivity index (χ4v) is 14.8. The van der Waals surface area contributed by atoms with Crippen molar-refractivity contribution in [3.63, 3.8) is 0 Å². The molecule has 0 aliphatic carbocycles. The summed E-state index contributed by atoms with van der Waals surface area (Å²) in [5, 5.41) is 3.58. The van der Waals surface area contributed by atoms with Crippen LogP contribution in [0.3, 0.4) is 0 Å². The van der Waals surface area contributed by atoms with Crippen LogP contribution in [0.4, 0.5) is 0 Å². The van der Waals surface area contributed by atoms with Gasteiger partial charge in [0.25, 0.3) is 0 Å². The van der Waals surface area contributed by atoms with Crippen LogP contribution in [-0.2, 0) is 68.1 Å². The summed E-state index contributed by atoms with van der Waals surface area (Å²) in [5.41, 5.74) is 12.3. The lowest BCUT2D eigenvalue weighted by molar-refractivity contribution is 0.0464. The number of hydrogen-bond acceptors (Lipinski definition) is 15. The lowest BCUT2D eigenvalue weighted by Gasteiger charge is -2.17. The van der Waals surface area contributed by atoms with Crippen LogP contribution in [0.2, 0.25) is 0 Å². The number of rotatable bonds is 23. The molecule has 0 aliphatic heterocycles. The molecule has 18 aromatic rings. The first-order chi connectivity index (χ1) is 57.5. The van der Waals surface area contributed by atoms with Crippen LogP contribution >= 0.6 is 0 Å². The summed E-state index contributed by atoms with van der Waals surface area (Å²) < 4.78 is 41.6. The molecule has 0 unspecified atom stereocenters. The summed E-state index contributed by atoms with van der Waals surface area (Å²) in [4.78, 5) is 102. The van der Waals surface area contributed by atoms with Crippen molar-refractivity contribution in [1.29, 1.82) is 0 Å². The van der Waals surface area contributed by atoms with Gasteiger partial charge < -0.3 is 37.6 Å². The monoisotopic (exact) mass is 1530 g/mol. The zero-order valence-electron chi connectivity index (χ0n) is 62.7. The fourth-order valence-electron chi connectivity index (χ4n) is 14.8. The fraction of sp³-hybridized carbons (Fsp3) is 0.0606. The molecular weight excluding hydrogens is 1470 g/mol. The minimum Gasteiger partial charge on any atom is -0.457 e. The second kappa shape index (κ2) is 32.2. The molecule has 0 radical (unpaired) electrons. The van der Waals surface area contributed by atoms with Crippen molar-refractivity contribution in [3.05, 3.63) is 406 Å². The zero-order chi connectivity index (χ0) is 79.3. The SMILES string of the molecule is O=C(OCc1ccccc1)c1ccc2c(c1)c1cc(C(=O)OCc3ccccc3)ccc1n2-c1nc(-c2ccccc2-n2c3ccc(C(=O)OCc4ccccc4)cc3c3cc(C(=O)OCc4ccccc4)ccc32)nc(-c2ccccc2-n2c3ccc(C(=O)OCc4ccccc4)cc3c3cc(C(=O)OCc4ccccc4)ccc32)n1. The molecule has 0 spiro atoms. The summed E-state index contributed by atoms with van der Waals surface area (Å²) >= 11 is 0. The van der Waals surface area contributed by atoms with E-state index in [1.54, 1.807) is 84.9 Å². The van der Waals surface area contributed by atoms with E-state index in [4.69, 9.17) is 43.4 Å². The van der Waals surface area contributed by atoms with Crippen molar-refractivity contribution in [1.82, 2.24) is 28.7 Å². The van der Waals surface area contributed by atoms with Crippen molar-refractivity contribution < 1.29 is 57.2 Å². The van der Waals surface area contributed by atoms with Crippen molar-refractivity contribution in [2.45, 2.75) is 39.6 Å². The highest BCUT2D eigenvalue weighted by Gasteiger charge is 2.28. The topological polar surface area (TPSA) is 211 Å². The molecule has 18 rings (SSSR count). The maximum atomic E-state index is 14.3. The first kappa shape index (κ1) is 72.8. The number of carbonyl (C=O) groups is 6. The van der Waals surface area contributed by atoms with Gasteiger partial charge in [0.15, 0.2) is 11.6 Å². The third kappa shape index (κ3) is 15.0. The quantitative estimate of drug-likeness (QED) is 0.0430. The number of nitrogens with zero attached hydrogens (tertiary/aromatic N) is 6. The number of esters is 6. The number of ether oxygens (including phenoxy) is 6. The van der Waals surface area contributed by atoms with Crippen LogP contribution in [-0.4, -0.2) is 64.5 Å². The van der Waals surface area contributed by atoms with Crippen LogP contribution in [0.25, 0.3) is 106 Å². The number of carbonyl (C=O) groups excluding carboxylic acids is 6. The molecular formula is C99H68N6O12. The van der Waals surface area contributed by atoms with Gasteiger partial charge in [0, 0.05) is 43.4 Å². The van der Waals surface area contributed by atoms with Gasteiger partial charge >= 0.3 is 35.8 Å². The zero-order valence-corrected chi connectivity index (χ0v) is 62.7. The van der Waals surface area contributed by atoms with Gasteiger partial charge in [0.2, 0.25) is 5.95 Å². The van der Waals surface area contributed by atoms with E-state index < -0.39 is 35.8 Å². The molecule has 0 amide bonds. The highest BCUT2D eigenvalue weighted by atomic mass is 16.6. The highest BCUT2D eigenvalue weighted by Crippen LogP contribution is 2.42. The lowest BCUT2D eigenvalue weighted by Crippen LogP contribution is -2.09. The number of benzene rings is 14. The van der Waals surface area contributed by atoms with Crippen molar-refractivity contribution in [2.24, 2.45) is 0 Å². The molecule has 0 N–H and O–H groups in total. The Hall–Kier alpha value is -15.7. The van der Waals surface area contributed by atoms with Gasteiger partial charge in [-0.05, 0) is 167 Å². The second-order valence-corrected chi connectivity index (χ2v) is 28.1. The predicted molar refractivity (Wildman–Crippen MR) is 447 cm³/mol. The van der Waals surface area contributed by atoms with Crippen LogP contribution in [0.15, 0.2) is 340 Å². The third-order valence-electron chi connectivity index (χ3n) is 20.6. The van der Waals surface area contributed by atoms with Crippen molar-refractivity contribution >= 4 is 101 Å². The molecule has 4 aromatic heterocycles. The molecule has 0 saturated carbocycles. The van der Waals surface area contributed by atoms with E-state index in [2.05, 4.69) is 0 Å². The van der Waals surface area contributed by atoms with Gasteiger partial charge in [0.05, 0.1) is 77.9 Å². The lowest BCUT2D eigenvalue weighted by atomic mass is 10.1. The molecule has 0 saturated heterocycles. The Morgan fingerprint density at radius 2 is 0.410 bits per heavy atom. The van der Waals surface area contributed by atoms with Gasteiger partial charge in [-0.15, -0.1) is 0 Å². The van der Waals surface area contributed by atoms with Crippen LogP contribution in [0.1, 0.15) is 95.5 Å². The average Bonchev–Trinajstić information content (AvgIpc) is 1.59. The standard InChI is InChI=1S/C99H68N6O12/c106-93(112-57-63-23-7-1-8-24-63)69-39-45-85-77(51-69)78-52-70(94(107)113-58-64-25-9-2-10-26-64)40-46-86(78)103(85)83-37-21-19-35-75(83)91-100-92(102-99(101-91)105-89-49-43-73(97(110)116-61-67-31-15-5-16-32-67)55-81(89)82-56-74(44-50-90(82)105)98(111)117-62-68-33-17-6-18-34-68)76-36-20-22-38-84(76)104-87-47-41-71(95(108)114-59-65-27-11-3-12-28-65)53-79(87)80-54-72(42-48-88(80)104)96(109)115-60-66-29-13-4-14-30-66/h1-56H,57-62H2. The summed E-state index contributed by atoms with van der Waals surface area (Å²) in [5.74, 6) is -2.87. The molecule has 18 nitrogen and oxygen atoms in total. The maximum absolute atomic E-state index is 14.3. The van der Waals surface area contributed by atoms with Crippen molar-refractivity contribution in [3.8, 4) is 40.1 Å². The van der Waals surface area contributed by atoms with Crippen molar-refractivity contribution in [2.75, 3.05) is 0 Å². The highest BCUT2D eigenvalue weighted by molar-refractivity contribution is 6.16. The summed E-state index contributed by atoms with van der Waals surface area (Å²) in [6.45, 7) is 0.193. The van der Waals surface area contributed by atoms with E-state index in [0.717, 1.165) is 33.4 Å². The van der Waals surface area contributed by atoms with E-state index >= 15 is 0 Å². The van der Waals surface area contributed by atoms with Gasteiger partial charge in [0.1, 0.15) is 39.6 Å². The Morgan fingerprint density at radius 3 is 0.632 bits per heavy atom. The summed E-state index contributed by atoms with van der Waals surface area (Å²) in [6, 6.07) is 104. The van der Waals surface area contributed by atoms with E-state index in [0.29, 0.717) is 87.9 Å². The average molecular weight is 1530 g/mol. The molecule has 18 heteroatoms. The Bertz CT molecular complexity index is 6260. The molecule has 0 atom stereocenters. The van der Waals surface area contributed by atoms with E-state index in [1.165, 1.54) is 0 Å². The van der Waals surface area contributed by atoms with Crippen LogP contribution in [0.5, 0.6) is 0 Å².